The molecule has 4 aromatic rings. The van der Waals surface area contributed by atoms with Crippen LogP contribution in [0.5, 0.6) is 0 Å². The van der Waals surface area contributed by atoms with Crippen LogP contribution in [0.2, 0.25) is 0 Å². The topological polar surface area (TPSA) is 439 Å². The van der Waals surface area contributed by atoms with Crippen molar-refractivity contribution in [3.05, 3.63) is 144 Å². The summed E-state index contributed by atoms with van der Waals surface area (Å²) in [6.45, 7) is 1.01. The van der Waals surface area contributed by atoms with E-state index < -0.39 is 108 Å². The van der Waals surface area contributed by atoms with Gasteiger partial charge >= 0.3 is 0 Å². The number of rotatable bonds is 35. The lowest BCUT2D eigenvalue weighted by Crippen LogP contribution is -2.61. The Kier molecular flexibility index (Phi) is 28.0. The Morgan fingerprint density at radius 3 is 1.14 bits per heavy atom. The van der Waals surface area contributed by atoms with Crippen molar-refractivity contribution in [3.8, 4) is 0 Å². The molecule has 484 valence electrons. The molecule has 2 saturated heterocycles. The van der Waals surface area contributed by atoms with Crippen LogP contribution in [0.1, 0.15) is 92.9 Å². The monoisotopic (exact) mass is 1240 g/mol. The van der Waals surface area contributed by atoms with Gasteiger partial charge in [0.25, 0.3) is 0 Å². The number of guanidine groups is 2. The van der Waals surface area contributed by atoms with Crippen molar-refractivity contribution in [2.45, 2.75) is 151 Å². The average Bonchev–Trinajstić information content (AvgIpc) is 2.28. The number of carbonyl (C=O) groups is 9. The molecular formula is C64H89N17O9. The molecule has 2 aliphatic heterocycles. The predicted molar refractivity (Wildman–Crippen MR) is 342 cm³/mol. The lowest BCUT2D eigenvalue weighted by molar-refractivity contribution is -0.143. The first-order chi connectivity index (χ1) is 43.3. The highest BCUT2D eigenvalue weighted by Crippen LogP contribution is 2.23. The Morgan fingerprint density at radius 2 is 0.767 bits per heavy atom. The lowest BCUT2D eigenvalue weighted by Gasteiger charge is -2.32. The minimum Gasteiger partial charge on any atom is -0.370 e. The molecule has 2 heterocycles. The third-order valence-electron chi connectivity index (χ3n) is 15.8. The Balaban J connectivity index is 1.23. The van der Waals surface area contributed by atoms with Crippen LogP contribution in [0.25, 0.3) is 0 Å². The van der Waals surface area contributed by atoms with Crippen molar-refractivity contribution in [2.75, 3.05) is 32.7 Å². The standard InChI is InChI=1S/C64H89N17O9/c65-32-14-13-27-45(66)55(83)78-50(39-43-23-9-3-10-24-43)61(89)80-35-17-30-52(80)60(88)77-49(38-42-21-7-2-8-22-42)58(86)79-51(40-44-25-11-4-12-26-44)62(90)81-36-18-31-53(81)59(87)76-48(37-41-19-5-1-6-20-41)57(85)75-47(29-16-34-73-64(70)71)56(84)74-46(54(67)82)28-15-33-72-63(68)69/h1-12,19-26,45-53H,13-18,27-40,65-66H2,(H2,67,82)(H,74,84)(H,75,85)(H,76,87)(H,77,88)(H,78,83)(H,79,86)(H4,68,69,72)(H4,70,71,73)/t45-,46-,47-,48-,49-,50-,51-,52-,53-/m0/s1. The number of hydrogen-bond acceptors (Lipinski definition) is 13. The number of nitrogens with two attached hydrogens (primary N) is 7. The van der Waals surface area contributed by atoms with Gasteiger partial charge in [-0.2, -0.15) is 0 Å². The maximum Gasteiger partial charge on any atom is 0.246 e. The third kappa shape index (κ3) is 22.3. The molecule has 26 nitrogen and oxygen atoms in total. The zero-order valence-corrected chi connectivity index (χ0v) is 50.9. The van der Waals surface area contributed by atoms with E-state index in [2.05, 4.69) is 41.9 Å². The summed E-state index contributed by atoms with van der Waals surface area (Å²) >= 11 is 0. The van der Waals surface area contributed by atoms with Gasteiger partial charge in [-0.25, -0.2) is 0 Å². The van der Waals surface area contributed by atoms with E-state index in [1.807, 2.05) is 36.4 Å². The van der Waals surface area contributed by atoms with Crippen LogP contribution in [-0.2, 0) is 68.8 Å². The maximum atomic E-state index is 15.2. The Labute approximate surface area is 525 Å². The molecule has 0 saturated carbocycles. The second-order valence-corrected chi connectivity index (χ2v) is 22.7. The number of aliphatic imine (C=N–C) groups is 2. The zero-order valence-electron chi connectivity index (χ0n) is 50.9. The van der Waals surface area contributed by atoms with Gasteiger partial charge in [0.2, 0.25) is 53.2 Å². The molecule has 0 aliphatic carbocycles. The number of likely N-dealkylation sites (tertiary alicyclic amines) is 2. The number of amides is 9. The first-order valence-electron chi connectivity index (χ1n) is 30.8. The summed E-state index contributed by atoms with van der Waals surface area (Å²) in [5.41, 5.74) is 42.4. The maximum absolute atomic E-state index is 15.2. The van der Waals surface area contributed by atoms with Gasteiger partial charge in [0.1, 0.15) is 48.3 Å². The fourth-order valence-corrected chi connectivity index (χ4v) is 11.1. The summed E-state index contributed by atoms with van der Waals surface area (Å²) in [7, 11) is 0. The van der Waals surface area contributed by atoms with Crippen molar-refractivity contribution in [1.29, 1.82) is 0 Å². The van der Waals surface area contributed by atoms with Crippen LogP contribution in [0.15, 0.2) is 131 Å². The second kappa shape index (κ2) is 36.1. The van der Waals surface area contributed by atoms with E-state index in [9.17, 15) is 33.6 Å². The summed E-state index contributed by atoms with van der Waals surface area (Å²) in [4.78, 5) is 140. The molecule has 0 spiro atoms. The number of hydrogen-bond donors (Lipinski definition) is 13. The van der Waals surface area contributed by atoms with Crippen molar-refractivity contribution >= 4 is 65.1 Å². The SMILES string of the molecule is NCCCC[C@H](N)C(=O)N[C@@H](Cc1ccccc1)C(=O)N1CCC[C@H]1C(=O)N[C@@H](Cc1ccccc1)C(=O)N[C@@H](Cc1ccccc1)C(=O)N1CCC[C@H]1C(=O)N[C@@H](Cc1ccccc1)C(=O)N[C@@H](CCCN=C(N)N)C(=O)N[C@@H](CCCN=C(N)N)C(N)=O. The molecular weight excluding hydrogens is 1150 g/mol. The fraction of sp³-hybridized carbons (Fsp3) is 0.453. The van der Waals surface area contributed by atoms with E-state index in [4.69, 9.17) is 40.1 Å². The third-order valence-corrected chi connectivity index (χ3v) is 15.8. The number of nitrogens with one attached hydrogen (secondary N) is 6. The van der Waals surface area contributed by atoms with E-state index in [1.165, 1.54) is 9.80 Å². The van der Waals surface area contributed by atoms with E-state index in [0.717, 1.165) is 5.56 Å². The van der Waals surface area contributed by atoms with Gasteiger partial charge < -0.3 is 81.8 Å². The highest BCUT2D eigenvalue weighted by Gasteiger charge is 2.42. The molecule has 26 heteroatoms. The molecule has 9 atom stereocenters. The summed E-state index contributed by atoms with van der Waals surface area (Å²) in [5.74, 6) is -6.26. The molecule has 0 radical (unpaired) electrons. The summed E-state index contributed by atoms with van der Waals surface area (Å²) < 4.78 is 0. The predicted octanol–water partition coefficient (Wildman–Crippen LogP) is -1.10. The van der Waals surface area contributed by atoms with Gasteiger partial charge in [0, 0.05) is 51.9 Å². The minimum absolute atomic E-state index is 0.00290. The van der Waals surface area contributed by atoms with E-state index in [0.29, 0.717) is 55.3 Å². The molecule has 6 rings (SSSR count). The smallest absolute Gasteiger partial charge is 0.246 e. The van der Waals surface area contributed by atoms with Crippen LogP contribution in [-0.4, -0.2) is 162 Å². The zero-order chi connectivity index (χ0) is 65.0. The quantitative estimate of drug-likeness (QED) is 0.0148. The van der Waals surface area contributed by atoms with Crippen LogP contribution in [0.4, 0.5) is 0 Å². The number of primary amides is 1. The van der Waals surface area contributed by atoms with Gasteiger partial charge in [-0.15, -0.1) is 0 Å². The lowest BCUT2D eigenvalue weighted by atomic mass is 10.0. The van der Waals surface area contributed by atoms with Crippen LogP contribution in [0.3, 0.4) is 0 Å². The molecule has 20 N–H and O–H groups in total. The van der Waals surface area contributed by atoms with E-state index >= 15 is 9.59 Å². The fourth-order valence-electron chi connectivity index (χ4n) is 11.1. The Hall–Kier alpha value is -9.43. The molecule has 2 fully saturated rings. The summed E-state index contributed by atoms with van der Waals surface area (Å²) in [6.07, 6.45) is 3.59. The van der Waals surface area contributed by atoms with Gasteiger partial charge in [-0.1, -0.05) is 128 Å². The van der Waals surface area contributed by atoms with Crippen LogP contribution >= 0.6 is 0 Å². The van der Waals surface area contributed by atoms with Crippen molar-refractivity contribution < 1.29 is 43.2 Å². The van der Waals surface area contributed by atoms with Gasteiger partial charge in [-0.05, 0) is 93.0 Å². The summed E-state index contributed by atoms with van der Waals surface area (Å²) in [6, 6.07) is 25.5. The molecule has 0 aromatic heterocycles. The largest absolute Gasteiger partial charge is 0.370 e. The van der Waals surface area contributed by atoms with E-state index in [-0.39, 0.29) is 102 Å². The van der Waals surface area contributed by atoms with Gasteiger partial charge in [0.05, 0.1) is 6.04 Å². The molecule has 2 aliphatic rings. The summed E-state index contributed by atoms with van der Waals surface area (Å²) in [5, 5.41) is 17.0. The second-order valence-electron chi connectivity index (χ2n) is 22.7. The van der Waals surface area contributed by atoms with Crippen molar-refractivity contribution in [1.82, 2.24) is 41.7 Å². The molecule has 4 aromatic carbocycles. The number of unbranched alkanes of at least 4 members (excludes halogenated alkanes) is 1. The molecule has 0 unspecified atom stereocenters. The van der Waals surface area contributed by atoms with Crippen molar-refractivity contribution in [2.24, 2.45) is 50.1 Å². The number of nitrogens with zero attached hydrogens (tertiary/aromatic N) is 4. The van der Waals surface area contributed by atoms with E-state index in [1.54, 1.807) is 84.9 Å². The van der Waals surface area contributed by atoms with Crippen LogP contribution in [0, 0.1) is 0 Å². The Bertz CT molecular complexity index is 3060. The Morgan fingerprint density at radius 1 is 0.422 bits per heavy atom. The minimum atomic E-state index is -1.31. The van der Waals surface area contributed by atoms with Crippen molar-refractivity contribution in [3.63, 3.8) is 0 Å². The van der Waals surface area contributed by atoms with Crippen LogP contribution < -0.4 is 72.0 Å². The normalized spacial score (nSPS) is 16.7. The average molecular weight is 1240 g/mol. The first kappa shape index (κ1) is 69.7. The van der Waals surface area contributed by atoms with Gasteiger partial charge in [-0.3, -0.25) is 53.1 Å². The molecule has 0 bridgehead atoms. The molecule has 90 heavy (non-hydrogen) atoms. The number of carbonyl (C=O) groups excluding carboxylic acids is 9. The van der Waals surface area contributed by atoms with Gasteiger partial charge in [0.15, 0.2) is 11.9 Å². The highest BCUT2D eigenvalue weighted by atomic mass is 16.2. The first-order valence-corrected chi connectivity index (χ1v) is 30.8. The number of benzene rings is 4. The highest BCUT2D eigenvalue weighted by molar-refractivity contribution is 5.99. The molecule has 9 amide bonds.